The molecule has 0 unspecified atom stereocenters. The zero-order chi connectivity index (χ0) is 7.40. The summed E-state index contributed by atoms with van der Waals surface area (Å²) in [7, 11) is 1.53. The van der Waals surface area contributed by atoms with Crippen LogP contribution in [0.4, 0.5) is 0 Å². The quantitative estimate of drug-likeness (QED) is 0.573. The van der Waals surface area contributed by atoms with Gasteiger partial charge in [-0.15, -0.1) is 0 Å². The van der Waals surface area contributed by atoms with E-state index in [0.29, 0.717) is 0 Å². The van der Waals surface area contributed by atoms with Crippen molar-refractivity contribution < 1.29 is 4.79 Å². The molecule has 4 heteroatoms. The molecule has 1 N–H and O–H groups in total. The first-order valence-electron chi connectivity index (χ1n) is 2.76. The average molecular weight is 136 g/mol. The van der Waals surface area contributed by atoms with Crippen LogP contribution in [0.25, 0.3) is 0 Å². The minimum Gasteiger partial charge on any atom is -0.352 e. The fraction of sp³-hybridized carbons (Fsp3) is 0.167. The van der Waals surface area contributed by atoms with Gasteiger partial charge < -0.3 is 5.32 Å². The molecule has 0 saturated carbocycles. The van der Waals surface area contributed by atoms with Crippen LogP contribution in [0.15, 0.2) is 12.3 Å². The third-order valence-electron chi connectivity index (χ3n) is 0.946. The molecule has 0 aliphatic rings. The van der Waals surface area contributed by atoms with Crippen molar-refractivity contribution in [3.8, 4) is 0 Å². The Balaban J connectivity index is 2.85. The predicted molar refractivity (Wildman–Crippen MR) is 34.3 cm³/mol. The van der Waals surface area contributed by atoms with E-state index in [9.17, 15) is 4.79 Å². The molecule has 1 radical (unpaired) electrons. The van der Waals surface area contributed by atoms with E-state index < -0.39 is 0 Å². The molecule has 1 amide bonds. The molecule has 10 heavy (non-hydrogen) atoms. The highest BCUT2D eigenvalue weighted by Crippen LogP contribution is 1.83. The highest BCUT2D eigenvalue weighted by Gasteiger charge is 2.02. The standard InChI is InChI=1S/C6H6N3O/c1-7-6(10)5-8-3-2-4-9-5/h2-3H,1H3,(H,7,10). The Kier molecular flexibility index (Phi) is 1.94. The Morgan fingerprint density at radius 3 is 3.10 bits per heavy atom. The van der Waals surface area contributed by atoms with Gasteiger partial charge in [0.1, 0.15) is 0 Å². The molecule has 0 spiro atoms. The van der Waals surface area contributed by atoms with Crippen LogP contribution in [0.2, 0.25) is 0 Å². The highest BCUT2D eigenvalue weighted by atomic mass is 16.2. The van der Waals surface area contributed by atoms with Crippen molar-refractivity contribution in [2.75, 3.05) is 7.05 Å². The normalized spacial score (nSPS) is 8.90. The number of amides is 1. The Bertz CT molecular complexity index is 222. The van der Waals surface area contributed by atoms with Crippen LogP contribution in [0.1, 0.15) is 10.6 Å². The van der Waals surface area contributed by atoms with Crippen molar-refractivity contribution in [1.29, 1.82) is 0 Å². The molecule has 1 heterocycles. The fourth-order valence-corrected chi connectivity index (χ4v) is 0.490. The van der Waals surface area contributed by atoms with Gasteiger partial charge >= 0.3 is 0 Å². The molecule has 0 saturated heterocycles. The molecule has 1 aromatic heterocycles. The van der Waals surface area contributed by atoms with E-state index in [4.69, 9.17) is 0 Å². The molecule has 0 aliphatic carbocycles. The average Bonchev–Trinajstić information content (AvgIpc) is 2.05. The monoisotopic (exact) mass is 136 g/mol. The first-order valence-corrected chi connectivity index (χ1v) is 2.76. The Morgan fingerprint density at radius 2 is 2.60 bits per heavy atom. The summed E-state index contributed by atoms with van der Waals surface area (Å²) in [6.45, 7) is 0. The zero-order valence-corrected chi connectivity index (χ0v) is 5.46. The van der Waals surface area contributed by atoms with Gasteiger partial charge in [0.2, 0.25) is 5.82 Å². The first-order chi connectivity index (χ1) is 4.84. The van der Waals surface area contributed by atoms with Gasteiger partial charge in [0.15, 0.2) is 0 Å². The number of rotatable bonds is 1. The van der Waals surface area contributed by atoms with Gasteiger partial charge in [-0.25, -0.2) is 9.97 Å². The molecule has 51 valence electrons. The lowest BCUT2D eigenvalue weighted by atomic mass is 10.5. The molecule has 4 nitrogen and oxygen atoms in total. The summed E-state index contributed by atoms with van der Waals surface area (Å²) in [6, 6.07) is 1.53. The highest BCUT2D eigenvalue weighted by molar-refractivity contribution is 5.89. The van der Waals surface area contributed by atoms with E-state index in [0.717, 1.165) is 0 Å². The van der Waals surface area contributed by atoms with Crippen LogP contribution >= 0.6 is 0 Å². The van der Waals surface area contributed by atoms with E-state index >= 15 is 0 Å². The molecule has 0 bridgehead atoms. The van der Waals surface area contributed by atoms with Crippen LogP contribution in [-0.2, 0) is 0 Å². The Morgan fingerprint density at radius 1 is 1.80 bits per heavy atom. The molecule has 0 fully saturated rings. The van der Waals surface area contributed by atoms with E-state index in [-0.39, 0.29) is 11.7 Å². The van der Waals surface area contributed by atoms with Crippen molar-refractivity contribution in [1.82, 2.24) is 15.3 Å². The van der Waals surface area contributed by atoms with Crippen molar-refractivity contribution in [3.05, 3.63) is 24.3 Å². The predicted octanol–water partition coefficient (Wildman–Crippen LogP) is -0.364. The van der Waals surface area contributed by atoms with Crippen molar-refractivity contribution >= 4 is 5.91 Å². The van der Waals surface area contributed by atoms with Gasteiger partial charge in [-0.05, 0) is 6.07 Å². The SMILES string of the molecule is CNC(=O)c1n[c]ccn1. The van der Waals surface area contributed by atoms with E-state index in [1.165, 1.54) is 19.3 Å². The lowest BCUT2D eigenvalue weighted by molar-refractivity contribution is 0.0952. The number of hydrogen-bond acceptors (Lipinski definition) is 3. The Labute approximate surface area is 58.3 Å². The minimum atomic E-state index is -0.295. The number of carbonyl (C=O) groups excluding carboxylic acids is 1. The van der Waals surface area contributed by atoms with Crippen LogP contribution < -0.4 is 5.32 Å². The van der Waals surface area contributed by atoms with Crippen molar-refractivity contribution in [2.24, 2.45) is 0 Å². The Hall–Kier alpha value is -1.45. The summed E-state index contributed by atoms with van der Waals surface area (Å²) in [5.74, 6) is -0.151. The molecular formula is C6H6N3O. The van der Waals surface area contributed by atoms with E-state index in [1.54, 1.807) is 0 Å². The van der Waals surface area contributed by atoms with Gasteiger partial charge in [0.05, 0.1) is 6.20 Å². The number of hydrogen-bond donors (Lipinski definition) is 1. The summed E-state index contributed by atoms with van der Waals surface area (Å²) in [5, 5.41) is 2.40. The van der Waals surface area contributed by atoms with E-state index in [2.05, 4.69) is 21.5 Å². The van der Waals surface area contributed by atoms with Crippen LogP contribution in [-0.4, -0.2) is 22.9 Å². The third-order valence-corrected chi connectivity index (χ3v) is 0.946. The maximum Gasteiger partial charge on any atom is 0.288 e. The summed E-state index contributed by atoms with van der Waals surface area (Å²) in [6.07, 6.45) is 3.97. The second-order valence-electron chi connectivity index (χ2n) is 1.59. The molecule has 1 rings (SSSR count). The second kappa shape index (κ2) is 2.91. The van der Waals surface area contributed by atoms with Crippen molar-refractivity contribution in [3.63, 3.8) is 0 Å². The maximum atomic E-state index is 10.8. The minimum absolute atomic E-state index is 0.144. The smallest absolute Gasteiger partial charge is 0.288 e. The largest absolute Gasteiger partial charge is 0.352 e. The summed E-state index contributed by atoms with van der Waals surface area (Å²) in [4.78, 5) is 18.1. The number of nitrogens with zero attached hydrogens (tertiary/aromatic N) is 2. The van der Waals surface area contributed by atoms with Crippen LogP contribution in [0.3, 0.4) is 0 Å². The van der Waals surface area contributed by atoms with Gasteiger partial charge in [-0.2, -0.15) is 0 Å². The van der Waals surface area contributed by atoms with Crippen LogP contribution in [0, 0.1) is 6.20 Å². The van der Waals surface area contributed by atoms with Crippen molar-refractivity contribution in [2.45, 2.75) is 0 Å². The summed E-state index contributed by atoms with van der Waals surface area (Å²) in [5.41, 5.74) is 0. The number of nitrogens with one attached hydrogen (secondary N) is 1. The van der Waals surface area contributed by atoms with Gasteiger partial charge in [-0.1, -0.05) is 0 Å². The fourth-order valence-electron chi connectivity index (χ4n) is 0.490. The summed E-state index contributed by atoms with van der Waals surface area (Å²) < 4.78 is 0. The number of carbonyl (C=O) groups is 1. The lowest BCUT2D eigenvalue weighted by Crippen LogP contribution is -2.20. The molecule has 1 aromatic rings. The molecule has 0 aromatic carbocycles. The van der Waals surface area contributed by atoms with Gasteiger partial charge in [0, 0.05) is 13.2 Å². The van der Waals surface area contributed by atoms with Gasteiger partial charge in [0.25, 0.3) is 5.91 Å². The topological polar surface area (TPSA) is 54.9 Å². The first kappa shape index (κ1) is 6.67. The lowest BCUT2D eigenvalue weighted by Gasteiger charge is -1.93. The van der Waals surface area contributed by atoms with E-state index in [1.807, 2.05) is 0 Å². The van der Waals surface area contributed by atoms with Gasteiger partial charge in [-0.3, -0.25) is 4.79 Å². The molecular weight excluding hydrogens is 130 g/mol. The molecule has 0 atom stereocenters. The number of aromatic nitrogens is 2. The second-order valence-corrected chi connectivity index (χ2v) is 1.59. The maximum absolute atomic E-state index is 10.8. The van der Waals surface area contributed by atoms with Crippen LogP contribution in [0.5, 0.6) is 0 Å². The zero-order valence-electron chi connectivity index (χ0n) is 5.46. The third kappa shape index (κ3) is 1.28. The summed E-state index contributed by atoms with van der Waals surface area (Å²) >= 11 is 0. The molecule has 0 aliphatic heterocycles.